The topological polar surface area (TPSA) is 41.5 Å². The van der Waals surface area contributed by atoms with E-state index in [1.165, 1.54) is 0 Å². The van der Waals surface area contributed by atoms with Crippen LogP contribution < -0.4 is 5.43 Å². The zero-order chi connectivity index (χ0) is 12.8. The van der Waals surface area contributed by atoms with Crippen LogP contribution in [0.15, 0.2) is 29.4 Å². The molecule has 0 fully saturated rings. The lowest BCUT2D eigenvalue weighted by molar-refractivity contribution is 0.0954. The number of hydrazone groups is 1. The summed E-state index contributed by atoms with van der Waals surface area (Å²) in [5.41, 5.74) is 3.96. The standard InChI is InChI=1S/C13H17ClN2O/c1-4-9(2)10(3)15-16-13(17)11-6-5-7-12(14)8-11/h5-9H,4H2,1-3H3,(H,16,17)/b15-10-/t9-/m0/s1. The van der Waals surface area contributed by atoms with E-state index in [1.807, 2.05) is 6.92 Å². The highest BCUT2D eigenvalue weighted by Crippen LogP contribution is 2.10. The van der Waals surface area contributed by atoms with Gasteiger partial charge in [-0.15, -0.1) is 0 Å². The molecule has 3 nitrogen and oxygen atoms in total. The van der Waals surface area contributed by atoms with Gasteiger partial charge in [0.15, 0.2) is 0 Å². The summed E-state index contributed by atoms with van der Waals surface area (Å²) in [6, 6.07) is 6.79. The van der Waals surface area contributed by atoms with E-state index >= 15 is 0 Å². The predicted molar refractivity (Wildman–Crippen MR) is 71.5 cm³/mol. The number of benzene rings is 1. The Hall–Kier alpha value is -1.35. The summed E-state index contributed by atoms with van der Waals surface area (Å²) < 4.78 is 0. The largest absolute Gasteiger partial charge is 0.271 e. The fourth-order valence-electron chi connectivity index (χ4n) is 1.24. The molecule has 0 bridgehead atoms. The van der Waals surface area contributed by atoms with Crippen molar-refractivity contribution in [2.75, 3.05) is 0 Å². The maximum atomic E-state index is 11.7. The average Bonchev–Trinajstić information content (AvgIpc) is 2.34. The van der Waals surface area contributed by atoms with Crippen LogP contribution in [-0.4, -0.2) is 11.6 Å². The van der Waals surface area contributed by atoms with Crippen molar-refractivity contribution < 1.29 is 4.79 Å². The number of halogens is 1. The van der Waals surface area contributed by atoms with Gasteiger partial charge in [-0.1, -0.05) is 31.5 Å². The van der Waals surface area contributed by atoms with Crippen LogP contribution >= 0.6 is 11.6 Å². The number of hydrogen-bond acceptors (Lipinski definition) is 2. The zero-order valence-electron chi connectivity index (χ0n) is 10.3. The highest BCUT2D eigenvalue weighted by molar-refractivity contribution is 6.30. The molecule has 0 heterocycles. The van der Waals surface area contributed by atoms with Crippen molar-refractivity contribution in [1.82, 2.24) is 5.43 Å². The summed E-state index contributed by atoms with van der Waals surface area (Å²) in [6.07, 6.45) is 1.00. The van der Waals surface area contributed by atoms with Crippen molar-refractivity contribution in [3.8, 4) is 0 Å². The van der Waals surface area contributed by atoms with Crippen molar-refractivity contribution in [2.24, 2.45) is 11.0 Å². The van der Waals surface area contributed by atoms with Gasteiger partial charge in [-0.25, -0.2) is 5.43 Å². The van der Waals surface area contributed by atoms with Crippen LogP contribution in [0.25, 0.3) is 0 Å². The molecule has 0 aromatic heterocycles. The van der Waals surface area contributed by atoms with E-state index < -0.39 is 0 Å². The van der Waals surface area contributed by atoms with Crippen LogP contribution in [-0.2, 0) is 0 Å². The molecule has 17 heavy (non-hydrogen) atoms. The molecule has 1 rings (SSSR count). The van der Waals surface area contributed by atoms with Gasteiger partial charge in [-0.3, -0.25) is 4.79 Å². The second kappa shape index (κ2) is 6.40. The minimum absolute atomic E-state index is 0.241. The van der Waals surface area contributed by atoms with Gasteiger partial charge in [-0.05, 0) is 37.5 Å². The normalized spacial score (nSPS) is 13.3. The van der Waals surface area contributed by atoms with Gasteiger partial charge in [-0.2, -0.15) is 5.10 Å². The van der Waals surface area contributed by atoms with Crippen molar-refractivity contribution in [1.29, 1.82) is 0 Å². The van der Waals surface area contributed by atoms with Crippen LogP contribution in [0.1, 0.15) is 37.6 Å². The molecule has 1 atom stereocenters. The van der Waals surface area contributed by atoms with Crippen molar-refractivity contribution in [3.63, 3.8) is 0 Å². The van der Waals surface area contributed by atoms with E-state index in [2.05, 4.69) is 24.4 Å². The van der Waals surface area contributed by atoms with E-state index in [1.54, 1.807) is 24.3 Å². The van der Waals surface area contributed by atoms with E-state index in [0.717, 1.165) is 12.1 Å². The molecule has 0 saturated carbocycles. The molecule has 0 unspecified atom stereocenters. The molecule has 92 valence electrons. The lowest BCUT2D eigenvalue weighted by Gasteiger charge is -2.08. The van der Waals surface area contributed by atoms with E-state index in [9.17, 15) is 4.79 Å². The first-order valence-corrected chi connectivity index (χ1v) is 6.02. The minimum Gasteiger partial charge on any atom is -0.267 e. The van der Waals surface area contributed by atoms with Gasteiger partial charge in [0.25, 0.3) is 5.91 Å². The molecule has 0 radical (unpaired) electrons. The van der Waals surface area contributed by atoms with Crippen LogP contribution in [0.3, 0.4) is 0 Å². The lowest BCUT2D eigenvalue weighted by atomic mass is 10.1. The number of carbonyl (C=O) groups is 1. The highest BCUT2D eigenvalue weighted by atomic mass is 35.5. The van der Waals surface area contributed by atoms with Crippen LogP contribution in [0.2, 0.25) is 5.02 Å². The van der Waals surface area contributed by atoms with Gasteiger partial charge in [0.2, 0.25) is 0 Å². The number of nitrogens with zero attached hydrogens (tertiary/aromatic N) is 1. The van der Waals surface area contributed by atoms with Gasteiger partial charge in [0.05, 0.1) is 0 Å². The van der Waals surface area contributed by atoms with Crippen LogP contribution in [0.5, 0.6) is 0 Å². The lowest BCUT2D eigenvalue weighted by Crippen LogP contribution is -2.20. The van der Waals surface area contributed by atoms with E-state index in [-0.39, 0.29) is 5.91 Å². The molecular weight excluding hydrogens is 236 g/mol. The van der Waals surface area contributed by atoms with Crippen molar-refractivity contribution in [2.45, 2.75) is 27.2 Å². The van der Waals surface area contributed by atoms with E-state index in [4.69, 9.17) is 11.6 Å². The van der Waals surface area contributed by atoms with Crippen molar-refractivity contribution in [3.05, 3.63) is 34.9 Å². The van der Waals surface area contributed by atoms with Gasteiger partial charge < -0.3 is 0 Å². The quantitative estimate of drug-likeness (QED) is 0.647. The third-order valence-corrected chi connectivity index (χ3v) is 2.98. The summed E-state index contributed by atoms with van der Waals surface area (Å²) in [7, 11) is 0. The Morgan fingerprint density at radius 3 is 2.82 bits per heavy atom. The number of carbonyl (C=O) groups excluding carboxylic acids is 1. The Balaban J connectivity index is 2.67. The second-order valence-corrected chi connectivity index (χ2v) is 4.45. The number of rotatable bonds is 4. The van der Waals surface area contributed by atoms with Crippen molar-refractivity contribution >= 4 is 23.2 Å². The Morgan fingerprint density at radius 2 is 2.24 bits per heavy atom. The van der Waals surface area contributed by atoms with Crippen LogP contribution in [0, 0.1) is 5.92 Å². The summed E-state index contributed by atoms with van der Waals surface area (Å²) in [5.74, 6) is 0.129. The van der Waals surface area contributed by atoms with Gasteiger partial charge >= 0.3 is 0 Å². The maximum Gasteiger partial charge on any atom is 0.271 e. The van der Waals surface area contributed by atoms with Gasteiger partial charge in [0, 0.05) is 16.3 Å². The first-order chi connectivity index (χ1) is 8.04. The van der Waals surface area contributed by atoms with Crippen LogP contribution in [0.4, 0.5) is 0 Å². The fraction of sp³-hybridized carbons (Fsp3) is 0.385. The third kappa shape index (κ3) is 4.19. The number of nitrogens with one attached hydrogen (secondary N) is 1. The zero-order valence-corrected chi connectivity index (χ0v) is 11.1. The summed E-state index contributed by atoms with van der Waals surface area (Å²) >= 11 is 5.81. The average molecular weight is 253 g/mol. The Kier molecular flexibility index (Phi) is 5.16. The smallest absolute Gasteiger partial charge is 0.267 e. The molecule has 4 heteroatoms. The molecule has 1 aromatic rings. The summed E-state index contributed by atoms with van der Waals surface area (Å²) in [5, 5.41) is 4.62. The summed E-state index contributed by atoms with van der Waals surface area (Å²) in [4.78, 5) is 11.7. The minimum atomic E-state index is -0.241. The highest BCUT2D eigenvalue weighted by Gasteiger charge is 2.06. The van der Waals surface area contributed by atoms with E-state index in [0.29, 0.717) is 16.5 Å². The molecule has 0 saturated heterocycles. The molecule has 1 aromatic carbocycles. The maximum absolute atomic E-state index is 11.7. The van der Waals surface area contributed by atoms with Gasteiger partial charge in [0.1, 0.15) is 0 Å². The first kappa shape index (κ1) is 13.7. The third-order valence-electron chi connectivity index (χ3n) is 2.75. The molecule has 0 spiro atoms. The summed E-state index contributed by atoms with van der Waals surface area (Å²) in [6.45, 7) is 6.07. The fourth-order valence-corrected chi connectivity index (χ4v) is 1.43. The molecule has 0 aliphatic carbocycles. The molecule has 1 N–H and O–H groups in total. The molecule has 0 aliphatic rings. The molecular formula is C13H17ClN2O. The predicted octanol–water partition coefficient (Wildman–Crippen LogP) is 3.49. The number of hydrogen-bond donors (Lipinski definition) is 1. The Labute approximate surface area is 107 Å². The number of amides is 1. The SMILES string of the molecule is CC[C@H](C)/C(C)=N\NC(=O)c1cccc(Cl)c1. The second-order valence-electron chi connectivity index (χ2n) is 4.01. The Bertz CT molecular complexity index is 429. The molecule has 0 aliphatic heterocycles. The molecule has 1 amide bonds. The first-order valence-electron chi connectivity index (χ1n) is 5.64. The Morgan fingerprint density at radius 1 is 1.53 bits per heavy atom. The monoisotopic (exact) mass is 252 g/mol.